The van der Waals surface area contributed by atoms with Gasteiger partial charge in [-0.1, -0.05) is 44.2 Å². The minimum atomic E-state index is -4.71. The number of carbonyl (C=O) groups is 2. The number of guanidine groups is 1. The Labute approximate surface area is 273 Å². The molecule has 1 fully saturated rings. The van der Waals surface area contributed by atoms with Crippen molar-refractivity contribution in [3.05, 3.63) is 29.7 Å². The first-order valence-corrected chi connectivity index (χ1v) is 15.8. The quantitative estimate of drug-likeness (QED) is 0.149. The van der Waals surface area contributed by atoms with Crippen LogP contribution >= 0.6 is 0 Å². The third kappa shape index (κ3) is 11.7. The Morgan fingerprint density at radius 2 is 1.70 bits per heavy atom. The fourth-order valence-electron chi connectivity index (χ4n) is 4.80. The van der Waals surface area contributed by atoms with Crippen LogP contribution in [0.3, 0.4) is 0 Å². The molecule has 1 aliphatic heterocycles. The number of benzene rings is 1. The third-order valence-corrected chi connectivity index (χ3v) is 6.83. The Balaban J connectivity index is 1.87. The lowest BCUT2D eigenvalue weighted by molar-refractivity contribution is -0.138. The topological polar surface area (TPSA) is 149 Å². The number of nitrogens with zero attached hydrogens (tertiary/aromatic N) is 4. The molecule has 1 aromatic carbocycles. The van der Waals surface area contributed by atoms with Gasteiger partial charge in [0.05, 0.1) is 18.3 Å². The Bertz CT molecular complexity index is 1380. The molecule has 1 aliphatic rings. The van der Waals surface area contributed by atoms with Crippen molar-refractivity contribution in [3.63, 3.8) is 0 Å². The zero-order chi connectivity index (χ0) is 35.0. The van der Waals surface area contributed by atoms with Crippen LogP contribution in [-0.2, 0) is 15.7 Å². The number of alkyl carbamates (subject to hydrolysis) is 1. The maximum Gasteiger partial charge on any atom is 0.437 e. The largest absolute Gasteiger partial charge is 0.493 e. The Morgan fingerprint density at radius 1 is 1.04 bits per heavy atom. The normalized spacial score (nSPS) is 17.5. The number of amides is 2. The van der Waals surface area contributed by atoms with E-state index in [-0.39, 0.29) is 48.6 Å². The number of nitrogens with one attached hydrogen (secondary N) is 1. The number of ether oxygens (including phenoxy) is 3. The van der Waals surface area contributed by atoms with Gasteiger partial charge in [-0.15, -0.1) is 4.99 Å². The number of rotatable bonds is 10. The van der Waals surface area contributed by atoms with Crippen LogP contribution in [0.2, 0.25) is 0 Å². The minimum absolute atomic E-state index is 0.00722. The first kappa shape index (κ1) is 37.6. The van der Waals surface area contributed by atoms with E-state index in [2.05, 4.69) is 27.4 Å². The van der Waals surface area contributed by atoms with Crippen molar-refractivity contribution in [3.8, 4) is 17.1 Å². The highest BCUT2D eigenvalue weighted by Gasteiger charge is 2.42. The molecule has 3 rings (SSSR count). The fraction of sp³-hybridized carbons (Fsp3) is 0.656. The van der Waals surface area contributed by atoms with Crippen molar-refractivity contribution in [2.45, 2.75) is 123 Å². The molecule has 15 heteroatoms. The number of unbranched alkanes of at least 4 members (excludes halogenated alkanes) is 5. The second-order valence-electron chi connectivity index (χ2n) is 13.3. The highest BCUT2D eigenvalue weighted by Crippen LogP contribution is 2.39. The molecule has 2 amide bonds. The van der Waals surface area contributed by atoms with Crippen molar-refractivity contribution in [2.75, 3.05) is 13.2 Å². The third-order valence-electron chi connectivity index (χ3n) is 6.83. The van der Waals surface area contributed by atoms with E-state index in [0.29, 0.717) is 6.42 Å². The van der Waals surface area contributed by atoms with Gasteiger partial charge < -0.3 is 28.7 Å². The maximum absolute atomic E-state index is 14.0. The Morgan fingerprint density at radius 3 is 2.34 bits per heavy atom. The summed E-state index contributed by atoms with van der Waals surface area (Å²) in [5.41, 5.74) is -2.75. The smallest absolute Gasteiger partial charge is 0.437 e. The van der Waals surface area contributed by atoms with Crippen LogP contribution < -0.4 is 10.1 Å². The van der Waals surface area contributed by atoms with Gasteiger partial charge in [-0.2, -0.15) is 18.2 Å². The van der Waals surface area contributed by atoms with Gasteiger partial charge in [-0.3, -0.25) is 5.32 Å². The number of hydrogen-bond acceptors (Lipinski definition) is 9. The van der Waals surface area contributed by atoms with Gasteiger partial charge in [0.15, 0.2) is 0 Å². The van der Waals surface area contributed by atoms with Crippen LogP contribution in [0.25, 0.3) is 11.4 Å². The zero-order valence-corrected chi connectivity index (χ0v) is 28.1. The molecule has 262 valence electrons. The van der Waals surface area contributed by atoms with Crippen molar-refractivity contribution >= 4 is 18.1 Å². The van der Waals surface area contributed by atoms with Crippen LogP contribution in [0.5, 0.6) is 5.75 Å². The first-order chi connectivity index (χ1) is 21.9. The molecule has 12 nitrogen and oxygen atoms in total. The van der Waals surface area contributed by atoms with Gasteiger partial charge in [0, 0.05) is 12.1 Å². The molecule has 2 aromatic rings. The number of aromatic nitrogens is 2. The summed E-state index contributed by atoms with van der Waals surface area (Å²) in [7, 11) is 0. The lowest BCUT2D eigenvalue weighted by Gasteiger charge is -2.28. The van der Waals surface area contributed by atoms with E-state index in [1.165, 1.54) is 17.0 Å². The lowest BCUT2D eigenvalue weighted by Crippen LogP contribution is -2.47. The zero-order valence-electron chi connectivity index (χ0n) is 28.1. The Hall–Kier alpha value is -3.88. The summed E-state index contributed by atoms with van der Waals surface area (Å²) < 4.78 is 63.6. The number of alkyl halides is 3. The molecule has 2 N–H and O–H groups in total. The molecule has 1 aromatic heterocycles. The van der Waals surface area contributed by atoms with E-state index in [0.717, 1.165) is 38.2 Å². The predicted octanol–water partition coefficient (Wildman–Crippen LogP) is 7.42. The molecule has 2 heterocycles. The SMILES string of the molecule is CCCCCCCCOc1ccc(-c2noc(C3C(O)CCN3/C(=N/C(=O)OC(C)(C)C)NC(=O)OC(C)(C)C)n2)cc1C(F)(F)F. The molecular weight excluding hydrogens is 623 g/mol. The molecule has 0 radical (unpaired) electrons. The molecule has 0 spiro atoms. The van der Waals surface area contributed by atoms with Gasteiger partial charge in [-0.25, -0.2) is 9.59 Å². The van der Waals surface area contributed by atoms with E-state index >= 15 is 0 Å². The van der Waals surface area contributed by atoms with Gasteiger partial charge in [0.25, 0.3) is 5.89 Å². The standard InChI is InChI=1S/C32H46F3N5O7/c1-8-9-10-11-12-13-18-44-23-15-14-20(19-21(23)32(33,34)35)25-36-26(47-39-25)24-22(41)16-17-40(24)27(37-28(42)45-30(2,3)4)38-29(43)46-31(5,6)7/h14-15,19,22,24,41H,8-13,16-18H2,1-7H3,(H,37,38,42,43). The van der Waals surface area contributed by atoms with Crippen molar-refractivity contribution in [1.29, 1.82) is 0 Å². The monoisotopic (exact) mass is 669 g/mol. The maximum atomic E-state index is 14.0. The molecule has 1 saturated heterocycles. The number of halogens is 3. The van der Waals surface area contributed by atoms with E-state index < -0.39 is 47.3 Å². The minimum Gasteiger partial charge on any atom is -0.493 e. The van der Waals surface area contributed by atoms with Gasteiger partial charge >= 0.3 is 18.4 Å². The van der Waals surface area contributed by atoms with Gasteiger partial charge in [0.2, 0.25) is 11.8 Å². The number of aliphatic imine (C=N–C) groups is 1. The van der Waals surface area contributed by atoms with E-state index in [1.54, 1.807) is 41.5 Å². The highest BCUT2D eigenvalue weighted by molar-refractivity contribution is 5.99. The van der Waals surface area contributed by atoms with Crippen molar-refractivity contribution in [2.24, 2.45) is 4.99 Å². The summed E-state index contributed by atoms with van der Waals surface area (Å²) in [6, 6.07) is 2.38. The molecule has 2 unspecified atom stereocenters. The molecule has 0 aliphatic carbocycles. The average molecular weight is 670 g/mol. The number of carbonyl (C=O) groups excluding carboxylic acids is 2. The molecular formula is C32H46F3N5O7. The summed E-state index contributed by atoms with van der Waals surface area (Å²) in [5, 5.41) is 17.2. The summed E-state index contributed by atoms with van der Waals surface area (Å²) >= 11 is 0. The molecule has 2 atom stereocenters. The number of likely N-dealkylation sites (tertiary alicyclic amines) is 1. The molecule has 0 saturated carbocycles. The number of aliphatic hydroxyl groups excluding tert-OH is 1. The number of aliphatic hydroxyl groups is 1. The van der Waals surface area contributed by atoms with Crippen molar-refractivity contribution in [1.82, 2.24) is 20.4 Å². The molecule has 0 bridgehead atoms. The van der Waals surface area contributed by atoms with E-state index in [4.69, 9.17) is 18.7 Å². The summed E-state index contributed by atoms with van der Waals surface area (Å²) in [4.78, 5) is 34.9. The van der Waals surface area contributed by atoms with Crippen molar-refractivity contribution < 1.29 is 46.6 Å². The van der Waals surface area contributed by atoms with Crippen LogP contribution in [0, 0.1) is 0 Å². The molecule has 47 heavy (non-hydrogen) atoms. The summed E-state index contributed by atoms with van der Waals surface area (Å²) in [6.07, 6.45) is -1.82. The van der Waals surface area contributed by atoms with Crippen LogP contribution in [0.1, 0.15) is 111 Å². The lowest BCUT2D eigenvalue weighted by atomic mass is 10.1. The van der Waals surface area contributed by atoms with Gasteiger partial charge in [-0.05, 0) is 72.6 Å². The average Bonchev–Trinajstić information content (AvgIpc) is 3.56. The van der Waals surface area contributed by atoms with Crippen LogP contribution in [0.4, 0.5) is 22.8 Å². The predicted molar refractivity (Wildman–Crippen MR) is 167 cm³/mol. The second-order valence-corrected chi connectivity index (χ2v) is 13.3. The fourth-order valence-corrected chi connectivity index (χ4v) is 4.80. The second kappa shape index (κ2) is 15.8. The van der Waals surface area contributed by atoms with Crippen LogP contribution in [0.15, 0.2) is 27.7 Å². The first-order valence-electron chi connectivity index (χ1n) is 15.8. The number of hydrogen-bond donors (Lipinski definition) is 2. The van der Waals surface area contributed by atoms with E-state index in [9.17, 15) is 27.9 Å². The summed E-state index contributed by atoms with van der Waals surface area (Å²) in [6.45, 7) is 12.2. The highest BCUT2D eigenvalue weighted by atomic mass is 19.4. The van der Waals surface area contributed by atoms with Gasteiger partial charge in [0.1, 0.15) is 23.0 Å². The summed E-state index contributed by atoms with van der Waals surface area (Å²) in [5.74, 6) is -0.948. The van der Waals surface area contributed by atoms with Crippen LogP contribution in [-0.4, -0.2) is 68.8 Å². The Kier molecular flexibility index (Phi) is 12.6. The van der Waals surface area contributed by atoms with E-state index in [1.807, 2.05) is 0 Å².